The standard InChI is InChI=1S/C21H24ClN3O4/c1-4-11-25(20(27)16-10-9-13(3)24-18(16)19(23)26)15-8-6-7-14(12-15)21(28)29-17(22)5-2/h6-10,12,17H,4-5,11H2,1-3H3,(H2,23,26). The van der Waals surface area contributed by atoms with Crippen LogP contribution in [-0.4, -0.2) is 34.9 Å². The molecule has 1 atom stereocenters. The molecule has 0 aliphatic carbocycles. The molecule has 0 fully saturated rings. The molecule has 2 rings (SSSR count). The van der Waals surface area contributed by atoms with Gasteiger partial charge in [0.1, 0.15) is 5.69 Å². The minimum atomic E-state index is -0.779. The second kappa shape index (κ2) is 10.0. The normalized spacial score (nSPS) is 11.6. The number of hydrogen-bond acceptors (Lipinski definition) is 5. The van der Waals surface area contributed by atoms with E-state index >= 15 is 0 Å². The molecule has 0 aliphatic rings. The SMILES string of the molecule is CCCN(C(=O)c1ccc(C)nc1C(N)=O)c1cccc(C(=O)OC(Cl)CC)c1. The molecule has 0 bridgehead atoms. The van der Waals surface area contributed by atoms with Crippen LogP contribution in [0.15, 0.2) is 36.4 Å². The number of nitrogens with two attached hydrogens (primary N) is 1. The number of halogens is 1. The zero-order chi connectivity index (χ0) is 21.6. The van der Waals surface area contributed by atoms with Crippen molar-refractivity contribution >= 4 is 35.1 Å². The Labute approximate surface area is 174 Å². The first-order valence-electron chi connectivity index (χ1n) is 9.32. The van der Waals surface area contributed by atoms with Crippen molar-refractivity contribution in [1.29, 1.82) is 0 Å². The zero-order valence-corrected chi connectivity index (χ0v) is 17.4. The Bertz CT molecular complexity index is 917. The number of carbonyl (C=O) groups is 3. The minimum Gasteiger partial charge on any atom is -0.442 e. The van der Waals surface area contributed by atoms with Gasteiger partial charge < -0.3 is 15.4 Å². The lowest BCUT2D eigenvalue weighted by Crippen LogP contribution is -2.34. The summed E-state index contributed by atoms with van der Waals surface area (Å²) in [5, 5.41) is 0. The van der Waals surface area contributed by atoms with E-state index in [4.69, 9.17) is 22.1 Å². The summed E-state index contributed by atoms with van der Waals surface area (Å²) in [4.78, 5) is 42.9. The van der Waals surface area contributed by atoms with Crippen molar-refractivity contribution in [2.24, 2.45) is 5.73 Å². The molecule has 7 nitrogen and oxygen atoms in total. The number of aromatic nitrogens is 1. The molecule has 29 heavy (non-hydrogen) atoms. The third-order valence-corrected chi connectivity index (χ3v) is 4.54. The number of anilines is 1. The lowest BCUT2D eigenvalue weighted by Gasteiger charge is -2.23. The Balaban J connectivity index is 2.42. The fourth-order valence-electron chi connectivity index (χ4n) is 2.70. The van der Waals surface area contributed by atoms with E-state index in [-0.39, 0.29) is 16.8 Å². The van der Waals surface area contributed by atoms with Gasteiger partial charge in [-0.05, 0) is 50.1 Å². The summed E-state index contributed by atoms with van der Waals surface area (Å²) in [6.07, 6.45) is 1.13. The molecule has 0 radical (unpaired) electrons. The van der Waals surface area contributed by atoms with E-state index < -0.39 is 23.3 Å². The smallest absolute Gasteiger partial charge is 0.339 e. The average Bonchev–Trinajstić information content (AvgIpc) is 2.71. The van der Waals surface area contributed by atoms with Crippen LogP contribution in [0, 0.1) is 6.92 Å². The number of benzene rings is 1. The second-order valence-corrected chi connectivity index (χ2v) is 6.93. The van der Waals surface area contributed by atoms with Gasteiger partial charge in [0.05, 0.1) is 11.1 Å². The summed E-state index contributed by atoms with van der Waals surface area (Å²) in [6.45, 7) is 5.80. The summed E-state index contributed by atoms with van der Waals surface area (Å²) in [5.74, 6) is -1.78. The molecule has 0 spiro atoms. The lowest BCUT2D eigenvalue weighted by atomic mass is 10.1. The van der Waals surface area contributed by atoms with Crippen molar-refractivity contribution in [2.75, 3.05) is 11.4 Å². The molecule has 1 aromatic carbocycles. The summed E-state index contributed by atoms with van der Waals surface area (Å²) in [5.41, 5.74) is 6.05. The van der Waals surface area contributed by atoms with Crippen LogP contribution in [-0.2, 0) is 4.74 Å². The molecule has 1 heterocycles. The van der Waals surface area contributed by atoms with Gasteiger partial charge in [0.15, 0.2) is 5.56 Å². The van der Waals surface area contributed by atoms with Gasteiger partial charge in [-0.25, -0.2) is 9.78 Å². The largest absolute Gasteiger partial charge is 0.442 e. The van der Waals surface area contributed by atoms with Crippen molar-refractivity contribution in [3.63, 3.8) is 0 Å². The van der Waals surface area contributed by atoms with Crippen LogP contribution in [0.25, 0.3) is 0 Å². The van der Waals surface area contributed by atoms with Crippen LogP contribution >= 0.6 is 11.6 Å². The van der Waals surface area contributed by atoms with E-state index in [2.05, 4.69) is 4.98 Å². The number of amides is 2. The number of rotatable bonds is 8. The maximum absolute atomic E-state index is 13.2. The molecule has 1 aromatic heterocycles. The van der Waals surface area contributed by atoms with Gasteiger partial charge in [0, 0.05) is 17.9 Å². The highest BCUT2D eigenvalue weighted by atomic mass is 35.5. The first-order chi connectivity index (χ1) is 13.8. The van der Waals surface area contributed by atoms with Gasteiger partial charge >= 0.3 is 5.97 Å². The number of pyridine rings is 1. The number of hydrogen-bond donors (Lipinski definition) is 1. The summed E-state index contributed by atoms with van der Waals surface area (Å²) < 4.78 is 5.14. The molecule has 8 heteroatoms. The minimum absolute atomic E-state index is 0.0837. The Morgan fingerprint density at radius 2 is 1.93 bits per heavy atom. The van der Waals surface area contributed by atoms with Gasteiger partial charge in [0.25, 0.3) is 11.8 Å². The van der Waals surface area contributed by atoms with Gasteiger partial charge in [-0.2, -0.15) is 0 Å². The van der Waals surface area contributed by atoms with E-state index in [1.807, 2.05) is 6.92 Å². The third-order valence-electron chi connectivity index (χ3n) is 4.14. The number of primary amides is 1. The molecular weight excluding hydrogens is 394 g/mol. The molecule has 0 saturated heterocycles. The van der Waals surface area contributed by atoms with Crippen molar-refractivity contribution < 1.29 is 19.1 Å². The molecular formula is C21H24ClN3O4. The number of nitrogens with zero attached hydrogens (tertiary/aromatic N) is 2. The summed E-state index contributed by atoms with van der Waals surface area (Å²) in [7, 11) is 0. The average molecular weight is 418 g/mol. The third kappa shape index (κ3) is 5.54. The van der Waals surface area contributed by atoms with Crippen LogP contribution in [0.4, 0.5) is 5.69 Å². The van der Waals surface area contributed by atoms with Crippen LogP contribution in [0.2, 0.25) is 0 Å². The predicted octanol–water partition coefficient (Wildman–Crippen LogP) is 3.68. The molecule has 154 valence electrons. The van der Waals surface area contributed by atoms with Gasteiger partial charge in [0.2, 0.25) is 0 Å². The Morgan fingerprint density at radius 3 is 2.55 bits per heavy atom. The zero-order valence-electron chi connectivity index (χ0n) is 16.6. The monoisotopic (exact) mass is 417 g/mol. The maximum atomic E-state index is 13.2. The summed E-state index contributed by atoms with van der Waals surface area (Å²) in [6, 6.07) is 9.67. The second-order valence-electron chi connectivity index (χ2n) is 6.44. The Morgan fingerprint density at radius 1 is 1.21 bits per heavy atom. The molecule has 0 saturated carbocycles. The van der Waals surface area contributed by atoms with Crippen molar-refractivity contribution in [1.82, 2.24) is 4.98 Å². The van der Waals surface area contributed by atoms with E-state index in [0.29, 0.717) is 30.8 Å². The fourth-order valence-corrected chi connectivity index (χ4v) is 2.78. The van der Waals surface area contributed by atoms with Crippen molar-refractivity contribution in [3.05, 3.63) is 58.9 Å². The Hall–Kier alpha value is -2.93. The highest BCUT2D eigenvalue weighted by Crippen LogP contribution is 2.22. The van der Waals surface area contributed by atoms with E-state index in [1.54, 1.807) is 44.2 Å². The molecule has 0 aliphatic heterocycles. The van der Waals surface area contributed by atoms with Gasteiger partial charge in [-0.3, -0.25) is 9.59 Å². The molecule has 2 N–H and O–H groups in total. The van der Waals surface area contributed by atoms with E-state index in [0.717, 1.165) is 0 Å². The van der Waals surface area contributed by atoms with Crippen LogP contribution < -0.4 is 10.6 Å². The quantitative estimate of drug-likeness (QED) is 0.521. The molecule has 2 aromatic rings. The van der Waals surface area contributed by atoms with Crippen molar-refractivity contribution in [2.45, 2.75) is 39.2 Å². The lowest BCUT2D eigenvalue weighted by molar-refractivity contribution is 0.0443. The first kappa shape index (κ1) is 22.4. The molecule has 2 amide bonds. The van der Waals surface area contributed by atoms with Gasteiger partial charge in [-0.1, -0.05) is 31.5 Å². The number of ether oxygens (including phenoxy) is 1. The highest BCUT2D eigenvalue weighted by Gasteiger charge is 2.24. The summed E-state index contributed by atoms with van der Waals surface area (Å²) >= 11 is 5.89. The van der Waals surface area contributed by atoms with Gasteiger partial charge in [-0.15, -0.1) is 0 Å². The van der Waals surface area contributed by atoms with Crippen LogP contribution in [0.1, 0.15) is 63.6 Å². The number of aryl methyl sites for hydroxylation is 1. The maximum Gasteiger partial charge on any atom is 0.339 e. The van der Waals surface area contributed by atoms with E-state index in [9.17, 15) is 14.4 Å². The predicted molar refractivity (Wildman–Crippen MR) is 111 cm³/mol. The van der Waals surface area contributed by atoms with Crippen molar-refractivity contribution in [3.8, 4) is 0 Å². The van der Waals surface area contributed by atoms with Crippen LogP contribution in [0.5, 0.6) is 0 Å². The fraction of sp³-hybridized carbons (Fsp3) is 0.333. The first-order valence-corrected chi connectivity index (χ1v) is 9.76. The number of alkyl halides is 1. The molecule has 1 unspecified atom stereocenters. The topological polar surface area (TPSA) is 103 Å². The number of carbonyl (C=O) groups excluding carboxylic acids is 3. The van der Waals surface area contributed by atoms with Crippen LogP contribution in [0.3, 0.4) is 0 Å². The highest BCUT2D eigenvalue weighted by molar-refractivity contribution is 6.20. The number of esters is 1. The Kier molecular flexibility index (Phi) is 7.73. The van der Waals surface area contributed by atoms with E-state index in [1.165, 1.54) is 11.0 Å².